The van der Waals surface area contributed by atoms with Crippen molar-refractivity contribution in [1.82, 2.24) is 15.2 Å². The molecule has 0 fully saturated rings. The summed E-state index contributed by atoms with van der Waals surface area (Å²) in [6.07, 6.45) is 0. The molecule has 20 heavy (non-hydrogen) atoms. The second kappa shape index (κ2) is 4.16. The topological polar surface area (TPSA) is 81.8 Å². The van der Waals surface area contributed by atoms with Crippen LogP contribution in [0.4, 0.5) is 8.78 Å². The van der Waals surface area contributed by atoms with Crippen molar-refractivity contribution < 1.29 is 13.9 Å². The Hall–Kier alpha value is -2.70. The highest BCUT2D eigenvalue weighted by molar-refractivity contribution is 5.84. The number of pyridine rings is 1. The van der Waals surface area contributed by atoms with E-state index in [0.29, 0.717) is 5.69 Å². The maximum absolute atomic E-state index is 13.8. The van der Waals surface area contributed by atoms with E-state index >= 15 is 0 Å². The number of aryl methyl sites for hydroxylation is 1. The monoisotopic (exact) mass is 277 g/mol. The molecule has 0 spiro atoms. The van der Waals surface area contributed by atoms with E-state index in [1.54, 1.807) is 6.92 Å². The van der Waals surface area contributed by atoms with Gasteiger partial charge in [0.2, 0.25) is 5.43 Å². The van der Waals surface area contributed by atoms with E-state index in [1.165, 1.54) is 6.07 Å². The van der Waals surface area contributed by atoms with Gasteiger partial charge in [-0.3, -0.25) is 9.89 Å². The fourth-order valence-electron chi connectivity index (χ4n) is 2.13. The first-order valence-electron chi connectivity index (χ1n) is 5.75. The van der Waals surface area contributed by atoms with Crippen LogP contribution < -0.4 is 5.43 Å². The molecule has 0 amide bonds. The first kappa shape index (κ1) is 12.3. The molecule has 0 bridgehead atoms. The van der Waals surface area contributed by atoms with Gasteiger partial charge >= 0.3 is 0 Å². The lowest BCUT2D eigenvalue weighted by Crippen LogP contribution is -2.06. The lowest BCUT2D eigenvalue weighted by atomic mass is 10.1. The first-order valence-corrected chi connectivity index (χ1v) is 5.75. The van der Waals surface area contributed by atoms with E-state index in [-0.39, 0.29) is 16.7 Å². The van der Waals surface area contributed by atoms with Crippen molar-refractivity contribution in [3.63, 3.8) is 0 Å². The molecule has 102 valence electrons. The third-order valence-electron chi connectivity index (χ3n) is 3.09. The lowest BCUT2D eigenvalue weighted by Gasteiger charge is -2.07. The second-order valence-corrected chi connectivity index (χ2v) is 4.33. The molecule has 3 aromatic rings. The van der Waals surface area contributed by atoms with Gasteiger partial charge in [-0.25, -0.2) is 8.78 Å². The van der Waals surface area contributed by atoms with Crippen molar-refractivity contribution in [1.29, 1.82) is 0 Å². The van der Waals surface area contributed by atoms with Crippen LogP contribution in [0.1, 0.15) is 5.69 Å². The predicted octanol–water partition coefficient (Wildman–Crippen LogP) is 2.21. The van der Waals surface area contributed by atoms with Crippen molar-refractivity contribution >= 4 is 11.0 Å². The minimum Gasteiger partial charge on any atom is -0.503 e. The van der Waals surface area contributed by atoms with Gasteiger partial charge in [-0.05, 0) is 19.1 Å². The highest BCUT2D eigenvalue weighted by atomic mass is 19.1. The number of H-pyrrole nitrogens is 2. The Morgan fingerprint density at radius 2 is 1.90 bits per heavy atom. The number of hydrogen-bond donors (Lipinski definition) is 3. The summed E-state index contributed by atoms with van der Waals surface area (Å²) in [6, 6.07) is 3.28. The van der Waals surface area contributed by atoms with Gasteiger partial charge in [-0.15, -0.1) is 0 Å². The average molecular weight is 277 g/mol. The fraction of sp³-hybridized carbons (Fsp3) is 0.0769. The standard InChI is InChI=1S/C13H9F2N3O2/c1-5-8-11(19)12(20)10(16-13(8)18-17-5)9-6(14)3-2-4-7(9)15/h2-4,20H,1H3,(H2,16,17,18,19). The van der Waals surface area contributed by atoms with Crippen LogP contribution in [-0.4, -0.2) is 20.3 Å². The summed E-state index contributed by atoms with van der Waals surface area (Å²) < 4.78 is 27.5. The van der Waals surface area contributed by atoms with Crippen molar-refractivity contribution in [2.75, 3.05) is 0 Å². The third-order valence-corrected chi connectivity index (χ3v) is 3.09. The van der Waals surface area contributed by atoms with E-state index in [0.717, 1.165) is 12.1 Å². The molecule has 0 radical (unpaired) electrons. The Labute approximate surface area is 110 Å². The maximum atomic E-state index is 13.8. The number of halogens is 2. The average Bonchev–Trinajstić information content (AvgIpc) is 2.76. The van der Waals surface area contributed by atoms with E-state index < -0.39 is 28.4 Å². The lowest BCUT2D eigenvalue weighted by molar-refractivity contribution is 0.469. The number of fused-ring (bicyclic) bond motifs is 1. The molecule has 0 saturated carbocycles. The number of aromatic amines is 2. The minimum atomic E-state index is -0.883. The number of rotatable bonds is 1. The zero-order valence-corrected chi connectivity index (χ0v) is 10.3. The van der Waals surface area contributed by atoms with E-state index in [4.69, 9.17) is 0 Å². The Bertz CT molecular complexity index is 863. The number of nitrogens with one attached hydrogen (secondary N) is 2. The number of benzene rings is 1. The molecule has 2 heterocycles. The Kier molecular flexibility index (Phi) is 2.56. The van der Waals surface area contributed by atoms with E-state index in [2.05, 4.69) is 15.2 Å². The zero-order chi connectivity index (χ0) is 14.4. The first-order chi connectivity index (χ1) is 9.50. The molecule has 0 aliphatic heterocycles. The fourth-order valence-corrected chi connectivity index (χ4v) is 2.13. The van der Waals surface area contributed by atoms with Crippen LogP contribution in [0.25, 0.3) is 22.3 Å². The molecule has 0 unspecified atom stereocenters. The van der Waals surface area contributed by atoms with Gasteiger partial charge in [0, 0.05) is 0 Å². The molecule has 2 aromatic heterocycles. The summed E-state index contributed by atoms with van der Waals surface area (Å²) in [7, 11) is 0. The van der Waals surface area contributed by atoms with Crippen molar-refractivity contribution in [2.24, 2.45) is 0 Å². The normalized spacial score (nSPS) is 11.2. The van der Waals surface area contributed by atoms with Crippen LogP contribution in [0.5, 0.6) is 5.75 Å². The number of aromatic hydroxyl groups is 1. The molecule has 3 N–H and O–H groups in total. The van der Waals surface area contributed by atoms with E-state index in [9.17, 15) is 18.7 Å². The molecule has 0 aliphatic carbocycles. The number of hydrogen-bond acceptors (Lipinski definition) is 3. The van der Waals surface area contributed by atoms with Gasteiger partial charge in [-0.2, -0.15) is 5.10 Å². The van der Waals surface area contributed by atoms with Crippen LogP contribution in [0.3, 0.4) is 0 Å². The predicted molar refractivity (Wildman–Crippen MR) is 68.5 cm³/mol. The number of nitrogens with zero attached hydrogens (tertiary/aromatic N) is 1. The molecule has 0 aliphatic rings. The van der Waals surface area contributed by atoms with Crippen LogP contribution in [0.2, 0.25) is 0 Å². The molecule has 3 rings (SSSR count). The Balaban J connectivity index is 2.44. The Morgan fingerprint density at radius 1 is 1.25 bits per heavy atom. The van der Waals surface area contributed by atoms with Crippen LogP contribution in [-0.2, 0) is 0 Å². The molecule has 5 nitrogen and oxygen atoms in total. The molecule has 7 heteroatoms. The number of aromatic nitrogens is 3. The van der Waals surface area contributed by atoms with Gasteiger partial charge in [0.25, 0.3) is 0 Å². The van der Waals surface area contributed by atoms with Gasteiger partial charge in [0.05, 0.1) is 22.3 Å². The molecule has 0 atom stereocenters. The zero-order valence-electron chi connectivity index (χ0n) is 10.3. The molecular formula is C13H9F2N3O2. The highest BCUT2D eigenvalue weighted by Gasteiger charge is 2.20. The summed E-state index contributed by atoms with van der Waals surface area (Å²) in [5, 5.41) is 16.4. The molecule has 1 aromatic carbocycles. The minimum absolute atomic E-state index is 0.156. The van der Waals surface area contributed by atoms with Crippen molar-refractivity contribution in [3.8, 4) is 17.0 Å². The quantitative estimate of drug-likeness (QED) is 0.637. The summed E-state index contributed by atoms with van der Waals surface area (Å²) >= 11 is 0. The van der Waals surface area contributed by atoms with Crippen LogP contribution >= 0.6 is 0 Å². The smallest absolute Gasteiger partial charge is 0.235 e. The summed E-state index contributed by atoms with van der Waals surface area (Å²) in [4.78, 5) is 14.7. The third kappa shape index (κ3) is 1.59. The van der Waals surface area contributed by atoms with Crippen molar-refractivity contribution in [2.45, 2.75) is 6.92 Å². The Morgan fingerprint density at radius 3 is 2.55 bits per heavy atom. The summed E-state index contributed by atoms with van der Waals surface area (Å²) in [5.41, 5.74) is -0.958. The van der Waals surface area contributed by atoms with Crippen molar-refractivity contribution in [3.05, 3.63) is 45.8 Å². The largest absolute Gasteiger partial charge is 0.503 e. The molecular weight excluding hydrogens is 268 g/mol. The molecule has 0 saturated heterocycles. The van der Waals surface area contributed by atoms with Gasteiger partial charge in [0.15, 0.2) is 5.75 Å². The van der Waals surface area contributed by atoms with Gasteiger partial charge in [0.1, 0.15) is 17.3 Å². The van der Waals surface area contributed by atoms with Crippen LogP contribution in [0, 0.1) is 18.6 Å². The SMILES string of the molecule is Cc1n[nH]c2[nH]c(-c3c(F)cccc3F)c(O)c(=O)c12. The second-order valence-electron chi connectivity index (χ2n) is 4.33. The highest BCUT2D eigenvalue weighted by Crippen LogP contribution is 2.30. The van der Waals surface area contributed by atoms with Gasteiger partial charge in [-0.1, -0.05) is 6.07 Å². The van der Waals surface area contributed by atoms with E-state index in [1.807, 2.05) is 0 Å². The maximum Gasteiger partial charge on any atom is 0.235 e. The summed E-state index contributed by atoms with van der Waals surface area (Å²) in [6.45, 7) is 1.58. The van der Waals surface area contributed by atoms with Crippen LogP contribution in [0.15, 0.2) is 23.0 Å². The summed E-state index contributed by atoms with van der Waals surface area (Å²) in [5.74, 6) is -2.51. The van der Waals surface area contributed by atoms with Gasteiger partial charge < -0.3 is 10.1 Å².